The summed E-state index contributed by atoms with van der Waals surface area (Å²) in [5.74, 6) is 0.117. The van der Waals surface area contributed by atoms with Crippen molar-refractivity contribution in [2.24, 2.45) is 0 Å². The zero-order valence-corrected chi connectivity index (χ0v) is 15.0. The normalized spacial score (nSPS) is 24.1. The maximum atomic E-state index is 12.4. The zero-order valence-electron chi connectivity index (χ0n) is 15.0. The number of anilines is 1. The van der Waals surface area contributed by atoms with Crippen LogP contribution in [0.3, 0.4) is 0 Å². The first kappa shape index (κ1) is 15.9. The van der Waals surface area contributed by atoms with Gasteiger partial charge in [-0.1, -0.05) is 68.0 Å². The molecule has 0 bridgehead atoms. The van der Waals surface area contributed by atoms with Crippen LogP contribution in [0.4, 0.5) is 5.69 Å². The fourth-order valence-electron chi connectivity index (χ4n) is 4.25. The zero-order chi connectivity index (χ0) is 17.7. The summed E-state index contributed by atoms with van der Waals surface area (Å²) in [6.07, 6.45) is 4.83. The molecular weight excluding hydrogens is 308 g/mol. The number of amides is 1. The fraction of sp³-hybridized carbons (Fsp3) is 0.318. The van der Waals surface area contributed by atoms with Crippen LogP contribution in [0.25, 0.3) is 6.08 Å². The molecule has 1 saturated heterocycles. The third-order valence-corrected chi connectivity index (χ3v) is 5.70. The van der Waals surface area contributed by atoms with Crippen molar-refractivity contribution < 1.29 is 4.79 Å². The smallest absolute Gasteiger partial charge is 0.223 e. The van der Waals surface area contributed by atoms with E-state index in [-0.39, 0.29) is 11.3 Å². The predicted molar refractivity (Wildman–Crippen MR) is 103 cm³/mol. The van der Waals surface area contributed by atoms with Gasteiger partial charge < -0.3 is 10.2 Å². The van der Waals surface area contributed by atoms with Gasteiger partial charge in [-0.3, -0.25) is 4.79 Å². The molecule has 3 nitrogen and oxygen atoms in total. The van der Waals surface area contributed by atoms with Crippen LogP contribution in [-0.2, 0) is 10.2 Å². The van der Waals surface area contributed by atoms with Gasteiger partial charge in [-0.15, -0.1) is 0 Å². The molecule has 3 heteroatoms. The number of rotatable bonds is 2. The molecule has 2 heterocycles. The molecule has 2 aromatic rings. The van der Waals surface area contributed by atoms with E-state index in [9.17, 15) is 4.79 Å². The molecule has 2 aliphatic rings. The quantitative estimate of drug-likeness (QED) is 0.901. The van der Waals surface area contributed by atoms with E-state index in [4.69, 9.17) is 0 Å². The Balaban J connectivity index is 1.87. The molecule has 1 atom stereocenters. The Morgan fingerprint density at radius 1 is 1.12 bits per heavy atom. The van der Waals surface area contributed by atoms with Crippen LogP contribution in [0.1, 0.15) is 37.0 Å². The van der Waals surface area contributed by atoms with Gasteiger partial charge in [0.25, 0.3) is 0 Å². The van der Waals surface area contributed by atoms with Crippen LogP contribution in [-0.4, -0.2) is 18.1 Å². The largest absolute Gasteiger partial charge is 0.344 e. The van der Waals surface area contributed by atoms with Crippen molar-refractivity contribution >= 4 is 17.7 Å². The van der Waals surface area contributed by atoms with Gasteiger partial charge in [0.05, 0.1) is 0 Å². The van der Waals surface area contributed by atoms with Crippen molar-refractivity contribution in [2.45, 2.75) is 38.3 Å². The highest BCUT2D eigenvalue weighted by molar-refractivity contribution is 5.84. The van der Waals surface area contributed by atoms with Crippen molar-refractivity contribution in [3.8, 4) is 0 Å². The molecule has 0 aromatic heterocycles. The molecule has 1 fully saturated rings. The maximum absolute atomic E-state index is 12.4. The summed E-state index contributed by atoms with van der Waals surface area (Å²) in [5.41, 5.74) is 4.16. The molecule has 1 N–H and O–H groups in total. The van der Waals surface area contributed by atoms with Crippen molar-refractivity contribution in [1.29, 1.82) is 0 Å². The average molecular weight is 332 g/mol. The summed E-state index contributed by atoms with van der Waals surface area (Å²) in [4.78, 5) is 14.7. The van der Waals surface area contributed by atoms with E-state index in [2.05, 4.69) is 73.5 Å². The lowest BCUT2D eigenvalue weighted by Gasteiger charge is -2.49. The third-order valence-electron chi connectivity index (χ3n) is 5.70. The van der Waals surface area contributed by atoms with Gasteiger partial charge in [0.15, 0.2) is 0 Å². The average Bonchev–Trinajstić information content (AvgIpc) is 2.78. The van der Waals surface area contributed by atoms with Crippen LogP contribution in [0.2, 0.25) is 0 Å². The first-order valence-electron chi connectivity index (χ1n) is 8.88. The van der Waals surface area contributed by atoms with E-state index in [0.717, 1.165) is 12.1 Å². The van der Waals surface area contributed by atoms with Crippen molar-refractivity contribution in [2.75, 3.05) is 11.4 Å². The first-order valence-corrected chi connectivity index (χ1v) is 8.88. The molecule has 4 rings (SSSR count). The van der Waals surface area contributed by atoms with Crippen LogP contribution >= 0.6 is 0 Å². The molecule has 1 unspecified atom stereocenters. The Kier molecular flexibility index (Phi) is 3.50. The summed E-state index contributed by atoms with van der Waals surface area (Å²) in [7, 11) is 0. The summed E-state index contributed by atoms with van der Waals surface area (Å²) < 4.78 is 0. The Morgan fingerprint density at radius 3 is 2.64 bits per heavy atom. The third kappa shape index (κ3) is 2.30. The van der Waals surface area contributed by atoms with E-state index in [1.165, 1.54) is 16.8 Å². The van der Waals surface area contributed by atoms with Crippen molar-refractivity contribution in [3.05, 3.63) is 71.3 Å². The molecule has 25 heavy (non-hydrogen) atoms. The highest BCUT2D eigenvalue weighted by Gasteiger charge is 2.57. The minimum atomic E-state index is -0.533. The number of hydrogen-bond donors (Lipinski definition) is 1. The number of nitrogens with one attached hydrogen (secondary N) is 1. The monoisotopic (exact) mass is 332 g/mol. The minimum absolute atomic E-state index is 0.117. The molecular formula is C22H24N2O. The lowest BCUT2D eigenvalue weighted by Crippen LogP contribution is -2.68. The van der Waals surface area contributed by atoms with Gasteiger partial charge in [0.2, 0.25) is 5.91 Å². The van der Waals surface area contributed by atoms with Gasteiger partial charge in [-0.2, -0.15) is 0 Å². The summed E-state index contributed by atoms with van der Waals surface area (Å²) in [6, 6.07) is 16.9. The van der Waals surface area contributed by atoms with E-state index >= 15 is 0 Å². The SMILES string of the molecule is Cc1ccc2c(c1)C(C)(C)C1(C=Cc3ccccc3)NC(=O)CCN21. The number of aryl methyl sites for hydroxylation is 1. The standard InChI is InChI=1S/C22H24N2O/c1-16-9-10-19-18(15-16)21(2,3)22(23-20(25)12-14-24(19)22)13-11-17-7-5-4-6-8-17/h4-11,13,15H,12,14H2,1-3H3,(H,23,25). The molecule has 1 amide bonds. The number of carbonyl (C=O) groups excluding carboxylic acids is 1. The van der Waals surface area contributed by atoms with E-state index in [1.54, 1.807) is 0 Å². The lowest BCUT2D eigenvalue weighted by atomic mass is 9.74. The van der Waals surface area contributed by atoms with Crippen LogP contribution in [0.15, 0.2) is 54.6 Å². The predicted octanol–water partition coefficient (Wildman–Crippen LogP) is 4.02. The van der Waals surface area contributed by atoms with Gasteiger partial charge in [0.1, 0.15) is 5.66 Å². The minimum Gasteiger partial charge on any atom is -0.344 e. The van der Waals surface area contributed by atoms with Crippen LogP contribution < -0.4 is 10.2 Å². The Bertz CT molecular complexity index is 854. The van der Waals surface area contributed by atoms with Crippen LogP contribution in [0.5, 0.6) is 0 Å². The van der Waals surface area contributed by atoms with Crippen molar-refractivity contribution in [1.82, 2.24) is 5.32 Å². The second-order valence-corrected chi connectivity index (χ2v) is 7.61. The maximum Gasteiger partial charge on any atom is 0.223 e. The molecule has 0 spiro atoms. The summed E-state index contributed by atoms with van der Waals surface area (Å²) in [5, 5.41) is 3.32. The highest BCUT2D eigenvalue weighted by atomic mass is 16.2. The molecule has 128 valence electrons. The van der Waals surface area contributed by atoms with Gasteiger partial charge in [-0.05, 0) is 30.2 Å². The molecule has 2 aliphatic heterocycles. The second kappa shape index (κ2) is 5.48. The second-order valence-electron chi connectivity index (χ2n) is 7.61. The lowest BCUT2D eigenvalue weighted by molar-refractivity contribution is -0.124. The highest BCUT2D eigenvalue weighted by Crippen LogP contribution is 2.52. The summed E-state index contributed by atoms with van der Waals surface area (Å²) in [6.45, 7) is 7.32. The van der Waals surface area contributed by atoms with E-state index < -0.39 is 5.66 Å². The Hall–Kier alpha value is -2.55. The van der Waals surface area contributed by atoms with E-state index in [0.29, 0.717) is 6.42 Å². The fourth-order valence-corrected chi connectivity index (χ4v) is 4.25. The topological polar surface area (TPSA) is 32.3 Å². The Morgan fingerprint density at radius 2 is 1.88 bits per heavy atom. The van der Waals surface area contributed by atoms with Crippen molar-refractivity contribution in [3.63, 3.8) is 0 Å². The van der Waals surface area contributed by atoms with E-state index in [1.807, 2.05) is 18.2 Å². The summed E-state index contributed by atoms with van der Waals surface area (Å²) >= 11 is 0. The van der Waals surface area contributed by atoms with Gasteiger partial charge >= 0.3 is 0 Å². The number of nitrogens with zero attached hydrogens (tertiary/aromatic N) is 1. The number of hydrogen-bond acceptors (Lipinski definition) is 2. The van der Waals surface area contributed by atoms with Crippen LogP contribution in [0, 0.1) is 6.92 Å². The molecule has 0 saturated carbocycles. The number of carbonyl (C=O) groups is 1. The molecule has 2 aromatic carbocycles. The number of fused-ring (bicyclic) bond motifs is 3. The van der Waals surface area contributed by atoms with Gasteiger partial charge in [-0.25, -0.2) is 0 Å². The molecule has 0 aliphatic carbocycles. The first-order chi connectivity index (χ1) is 11.9. The molecule has 0 radical (unpaired) electrons. The number of benzene rings is 2. The Labute approximate surface area is 149 Å². The van der Waals surface area contributed by atoms with Gasteiger partial charge in [0, 0.05) is 24.1 Å².